The summed E-state index contributed by atoms with van der Waals surface area (Å²) in [5.41, 5.74) is 0.262. The second kappa shape index (κ2) is 6.07. The van der Waals surface area contributed by atoms with E-state index in [1.54, 1.807) is 11.0 Å². The van der Waals surface area contributed by atoms with Crippen molar-refractivity contribution in [3.05, 3.63) is 34.2 Å². The van der Waals surface area contributed by atoms with Crippen LogP contribution in [0.25, 0.3) is 0 Å². The molecule has 1 saturated carbocycles. The number of nitrogens with one attached hydrogen (secondary N) is 1. The topological polar surface area (TPSA) is 73.5 Å². The lowest BCUT2D eigenvalue weighted by Gasteiger charge is -2.40. The van der Waals surface area contributed by atoms with Crippen LogP contribution in [0.4, 0.5) is 0 Å². The smallest absolute Gasteiger partial charge is 0.255 e. The van der Waals surface area contributed by atoms with Crippen molar-refractivity contribution >= 4 is 11.8 Å². The Bertz CT molecular complexity index is 689. The number of nitrogens with zero attached hydrogens (tertiary/aromatic N) is 2. The Morgan fingerprint density at radius 1 is 1.12 bits per heavy atom. The van der Waals surface area contributed by atoms with Crippen molar-refractivity contribution in [3.8, 4) is 0 Å². The second-order valence-corrected chi connectivity index (χ2v) is 7.37. The molecule has 1 N–H and O–H groups in total. The molecule has 3 aliphatic heterocycles. The van der Waals surface area contributed by atoms with Gasteiger partial charge in [0.1, 0.15) is 0 Å². The number of pyridine rings is 1. The largest absolute Gasteiger partial charge is 0.337 e. The molecule has 2 unspecified atom stereocenters. The molecule has 24 heavy (non-hydrogen) atoms. The van der Waals surface area contributed by atoms with Crippen LogP contribution in [0.3, 0.4) is 0 Å². The van der Waals surface area contributed by atoms with E-state index in [0.29, 0.717) is 24.6 Å². The fraction of sp³-hybridized carbons (Fsp3) is 0.611. The summed E-state index contributed by atoms with van der Waals surface area (Å²) in [6.45, 7) is 1.96. The van der Waals surface area contributed by atoms with Crippen molar-refractivity contribution in [1.82, 2.24) is 14.8 Å². The van der Waals surface area contributed by atoms with Crippen LogP contribution in [0.15, 0.2) is 23.1 Å². The first kappa shape index (κ1) is 15.4. The van der Waals surface area contributed by atoms with Crippen LogP contribution < -0.4 is 5.56 Å². The van der Waals surface area contributed by atoms with Gasteiger partial charge < -0.3 is 14.8 Å². The predicted octanol–water partition coefficient (Wildman–Crippen LogP) is 1.24. The summed E-state index contributed by atoms with van der Waals surface area (Å²) < 4.78 is 0. The summed E-state index contributed by atoms with van der Waals surface area (Å²) in [7, 11) is 0. The SMILES string of the molecule is O=C(c1ccc(=O)[nH]c1)N1CC2CCC(C1)N(CC1CCC1)C2=O. The number of hydrogen-bond acceptors (Lipinski definition) is 3. The molecule has 1 aromatic heterocycles. The molecule has 1 aromatic rings. The van der Waals surface area contributed by atoms with E-state index in [1.807, 2.05) is 0 Å². The van der Waals surface area contributed by atoms with E-state index in [2.05, 4.69) is 9.88 Å². The predicted molar refractivity (Wildman–Crippen MR) is 88.5 cm³/mol. The van der Waals surface area contributed by atoms with Crippen molar-refractivity contribution in [3.63, 3.8) is 0 Å². The zero-order chi connectivity index (χ0) is 16.7. The summed E-state index contributed by atoms with van der Waals surface area (Å²) in [6, 6.07) is 3.07. The molecule has 2 bridgehead atoms. The standard InChI is InChI=1S/C18H23N3O3/c22-16-7-5-13(8-19-16)17(23)20-10-14-4-6-15(11-20)21(18(14)24)9-12-2-1-3-12/h5,7-8,12,14-15H,1-4,6,9-11H2,(H,19,22). The number of aromatic nitrogens is 1. The zero-order valence-electron chi connectivity index (χ0n) is 13.7. The molecule has 2 atom stereocenters. The lowest BCUT2D eigenvalue weighted by Crippen LogP contribution is -2.50. The Morgan fingerprint density at radius 3 is 2.62 bits per heavy atom. The summed E-state index contributed by atoms with van der Waals surface area (Å²) >= 11 is 0. The summed E-state index contributed by atoms with van der Waals surface area (Å²) in [5.74, 6) is 0.712. The van der Waals surface area contributed by atoms with Crippen LogP contribution in [-0.2, 0) is 4.79 Å². The Labute approximate surface area is 140 Å². The quantitative estimate of drug-likeness (QED) is 0.907. The summed E-state index contributed by atoms with van der Waals surface area (Å²) in [4.78, 5) is 43.1. The number of carbonyl (C=O) groups is 2. The van der Waals surface area contributed by atoms with Gasteiger partial charge in [-0.1, -0.05) is 6.42 Å². The molecule has 128 valence electrons. The fourth-order valence-electron chi connectivity index (χ4n) is 4.13. The van der Waals surface area contributed by atoms with Crippen LogP contribution in [0.2, 0.25) is 0 Å². The third-order valence-electron chi connectivity index (χ3n) is 5.79. The molecule has 0 aromatic carbocycles. The molecule has 6 nitrogen and oxygen atoms in total. The van der Waals surface area contributed by atoms with Crippen LogP contribution in [0.5, 0.6) is 0 Å². The molecule has 6 heteroatoms. The third-order valence-corrected chi connectivity index (χ3v) is 5.79. The van der Waals surface area contributed by atoms with Crippen LogP contribution in [0, 0.1) is 11.8 Å². The number of rotatable bonds is 3. The van der Waals surface area contributed by atoms with E-state index in [-0.39, 0.29) is 29.3 Å². The first-order valence-corrected chi connectivity index (χ1v) is 8.90. The Hall–Kier alpha value is -2.11. The van der Waals surface area contributed by atoms with Crippen molar-refractivity contribution < 1.29 is 9.59 Å². The molecule has 4 aliphatic rings. The second-order valence-electron chi connectivity index (χ2n) is 7.37. The van der Waals surface area contributed by atoms with Crippen molar-refractivity contribution in [2.24, 2.45) is 11.8 Å². The van der Waals surface area contributed by atoms with Gasteiger partial charge in [-0.3, -0.25) is 14.4 Å². The highest BCUT2D eigenvalue weighted by Gasteiger charge is 2.42. The average Bonchev–Trinajstić information content (AvgIpc) is 2.83. The van der Waals surface area contributed by atoms with Crippen molar-refractivity contribution in [2.75, 3.05) is 19.6 Å². The third kappa shape index (κ3) is 2.74. The molecule has 4 heterocycles. The van der Waals surface area contributed by atoms with Gasteiger partial charge in [0.2, 0.25) is 11.5 Å². The van der Waals surface area contributed by atoms with Crippen molar-refractivity contribution in [2.45, 2.75) is 38.1 Å². The number of hydrogen-bond donors (Lipinski definition) is 1. The van der Waals surface area contributed by atoms with Gasteiger partial charge in [-0.25, -0.2) is 0 Å². The Kier molecular flexibility index (Phi) is 3.90. The molecular weight excluding hydrogens is 306 g/mol. The highest BCUT2D eigenvalue weighted by atomic mass is 16.2. The minimum atomic E-state index is -0.218. The first-order valence-electron chi connectivity index (χ1n) is 8.90. The van der Waals surface area contributed by atoms with Crippen LogP contribution in [0.1, 0.15) is 42.5 Å². The van der Waals surface area contributed by atoms with Gasteiger partial charge in [-0.15, -0.1) is 0 Å². The number of aromatic amines is 1. The average molecular weight is 329 g/mol. The van der Waals surface area contributed by atoms with Gasteiger partial charge in [0, 0.05) is 37.9 Å². The summed E-state index contributed by atoms with van der Waals surface area (Å²) in [6.07, 6.45) is 7.05. The van der Waals surface area contributed by atoms with Gasteiger partial charge in [0.05, 0.1) is 11.5 Å². The molecule has 1 aliphatic carbocycles. The number of carbonyl (C=O) groups excluding carboxylic acids is 2. The Morgan fingerprint density at radius 2 is 1.96 bits per heavy atom. The van der Waals surface area contributed by atoms with E-state index >= 15 is 0 Å². The number of H-pyrrole nitrogens is 1. The fourth-order valence-corrected chi connectivity index (χ4v) is 4.13. The molecule has 0 spiro atoms. The van der Waals surface area contributed by atoms with Gasteiger partial charge in [0.15, 0.2) is 0 Å². The number of fused-ring (bicyclic) bond motifs is 4. The highest BCUT2D eigenvalue weighted by Crippen LogP contribution is 2.34. The maximum Gasteiger partial charge on any atom is 0.255 e. The summed E-state index contributed by atoms with van der Waals surface area (Å²) in [5, 5.41) is 0. The van der Waals surface area contributed by atoms with E-state index in [0.717, 1.165) is 19.4 Å². The van der Waals surface area contributed by atoms with E-state index in [1.165, 1.54) is 31.5 Å². The minimum Gasteiger partial charge on any atom is -0.337 e. The van der Waals surface area contributed by atoms with Gasteiger partial charge >= 0.3 is 0 Å². The lowest BCUT2D eigenvalue weighted by atomic mass is 9.83. The normalized spacial score (nSPS) is 27.1. The lowest BCUT2D eigenvalue weighted by molar-refractivity contribution is -0.141. The zero-order valence-corrected chi connectivity index (χ0v) is 13.7. The Balaban J connectivity index is 1.52. The molecule has 2 amide bonds. The van der Waals surface area contributed by atoms with E-state index < -0.39 is 0 Å². The van der Waals surface area contributed by atoms with Crippen molar-refractivity contribution in [1.29, 1.82) is 0 Å². The molecule has 3 saturated heterocycles. The maximum absolute atomic E-state index is 12.8. The minimum absolute atomic E-state index is 0.0736. The number of piperidine rings is 1. The molecule has 0 radical (unpaired) electrons. The van der Waals surface area contributed by atoms with Gasteiger partial charge in [0.25, 0.3) is 5.91 Å². The molecule has 4 fully saturated rings. The molecular formula is C18H23N3O3. The van der Waals surface area contributed by atoms with Crippen LogP contribution in [-0.4, -0.2) is 52.3 Å². The highest BCUT2D eigenvalue weighted by molar-refractivity contribution is 5.94. The molecule has 5 rings (SSSR count). The van der Waals surface area contributed by atoms with Gasteiger partial charge in [-0.05, 0) is 37.7 Å². The maximum atomic E-state index is 12.8. The van der Waals surface area contributed by atoms with Gasteiger partial charge in [-0.2, -0.15) is 0 Å². The monoisotopic (exact) mass is 329 g/mol. The first-order chi connectivity index (χ1) is 11.6. The van der Waals surface area contributed by atoms with Crippen LogP contribution >= 0.6 is 0 Å². The number of amides is 2. The van der Waals surface area contributed by atoms with E-state index in [9.17, 15) is 14.4 Å². The van der Waals surface area contributed by atoms with E-state index in [4.69, 9.17) is 0 Å².